The Balaban J connectivity index is 1.56. The van der Waals surface area contributed by atoms with Crippen molar-refractivity contribution < 1.29 is 9.53 Å². The molecule has 0 saturated carbocycles. The van der Waals surface area contributed by atoms with Crippen molar-refractivity contribution in [1.29, 1.82) is 0 Å². The van der Waals surface area contributed by atoms with Crippen molar-refractivity contribution in [2.45, 2.75) is 25.3 Å². The van der Waals surface area contributed by atoms with Crippen LogP contribution in [0.3, 0.4) is 0 Å². The Labute approximate surface area is 142 Å². The minimum absolute atomic E-state index is 0.0113. The van der Waals surface area contributed by atoms with Crippen LogP contribution in [0.4, 0.5) is 4.79 Å². The van der Waals surface area contributed by atoms with Gasteiger partial charge in [0, 0.05) is 26.3 Å². The zero-order valence-corrected chi connectivity index (χ0v) is 14.2. The van der Waals surface area contributed by atoms with Crippen LogP contribution in [0.25, 0.3) is 0 Å². The fourth-order valence-electron chi connectivity index (χ4n) is 3.20. The highest BCUT2D eigenvalue weighted by atomic mass is 16.5. The van der Waals surface area contributed by atoms with Crippen LogP contribution in [0.2, 0.25) is 0 Å². The molecule has 1 aliphatic heterocycles. The van der Waals surface area contributed by atoms with Crippen molar-refractivity contribution in [1.82, 2.24) is 20.0 Å². The Morgan fingerprint density at radius 1 is 1.38 bits per heavy atom. The summed E-state index contributed by atoms with van der Waals surface area (Å²) in [6.07, 6.45) is 6.64. The lowest BCUT2D eigenvalue weighted by Gasteiger charge is -2.25. The summed E-state index contributed by atoms with van der Waals surface area (Å²) in [6.45, 7) is 1.42. The molecule has 0 spiro atoms. The van der Waals surface area contributed by atoms with Crippen LogP contribution in [0.1, 0.15) is 30.0 Å². The SMILES string of the molecule is COc1ccc([C@H]2CCCN2C(=O)NCCc2cnn(C)c2)cc1. The number of aryl methyl sites for hydroxylation is 1. The molecule has 0 radical (unpaired) electrons. The fourth-order valence-corrected chi connectivity index (χ4v) is 3.20. The minimum Gasteiger partial charge on any atom is -0.497 e. The van der Waals surface area contributed by atoms with E-state index in [1.54, 1.807) is 11.8 Å². The number of likely N-dealkylation sites (tertiary alicyclic amines) is 1. The maximum Gasteiger partial charge on any atom is 0.317 e. The number of aromatic nitrogens is 2. The van der Waals surface area contributed by atoms with Gasteiger partial charge in [-0.1, -0.05) is 12.1 Å². The van der Waals surface area contributed by atoms with E-state index >= 15 is 0 Å². The molecule has 1 fully saturated rings. The van der Waals surface area contributed by atoms with Gasteiger partial charge in [-0.15, -0.1) is 0 Å². The summed E-state index contributed by atoms with van der Waals surface area (Å²) in [4.78, 5) is 14.5. The third-order valence-corrected chi connectivity index (χ3v) is 4.46. The number of carbonyl (C=O) groups excluding carboxylic acids is 1. The lowest BCUT2D eigenvalue weighted by molar-refractivity contribution is 0.193. The second-order valence-electron chi connectivity index (χ2n) is 6.13. The van der Waals surface area contributed by atoms with Crippen LogP contribution < -0.4 is 10.1 Å². The first kappa shape index (κ1) is 16.4. The average Bonchev–Trinajstić information content (AvgIpc) is 3.24. The molecule has 1 aromatic carbocycles. The van der Waals surface area contributed by atoms with Crippen molar-refractivity contribution in [3.63, 3.8) is 0 Å². The van der Waals surface area contributed by atoms with E-state index in [0.29, 0.717) is 6.54 Å². The first-order valence-corrected chi connectivity index (χ1v) is 8.33. The molecule has 0 aliphatic carbocycles. The standard InChI is InChI=1S/C18H24N4O2/c1-21-13-14(12-20-21)9-10-19-18(23)22-11-3-4-17(22)15-5-7-16(24-2)8-6-15/h5-8,12-13,17H,3-4,9-11H2,1-2H3,(H,19,23)/t17-/m1/s1. The lowest BCUT2D eigenvalue weighted by Crippen LogP contribution is -2.40. The van der Waals surface area contributed by atoms with Gasteiger partial charge in [0.15, 0.2) is 0 Å². The van der Waals surface area contributed by atoms with Crippen LogP contribution in [0.15, 0.2) is 36.7 Å². The summed E-state index contributed by atoms with van der Waals surface area (Å²) in [6, 6.07) is 8.15. The highest BCUT2D eigenvalue weighted by Crippen LogP contribution is 2.32. The number of nitrogens with zero attached hydrogens (tertiary/aromatic N) is 3. The number of urea groups is 1. The molecule has 0 unspecified atom stereocenters. The number of hydrogen-bond acceptors (Lipinski definition) is 3. The Morgan fingerprint density at radius 3 is 2.83 bits per heavy atom. The van der Waals surface area contributed by atoms with Gasteiger partial charge in [0.2, 0.25) is 0 Å². The number of benzene rings is 1. The molecular formula is C18H24N4O2. The average molecular weight is 328 g/mol. The Kier molecular flexibility index (Phi) is 5.03. The quantitative estimate of drug-likeness (QED) is 0.917. The summed E-state index contributed by atoms with van der Waals surface area (Å²) in [7, 11) is 3.55. The van der Waals surface area contributed by atoms with Crippen LogP contribution in [-0.2, 0) is 13.5 Å². The van der Waals surface area contributed by atoms with Crippen molar-refractivity contribution in [3.05, 3.63) is 47.8 Å². The number of amides is 2. The maximum atomic E-state index is 12.5. The van der Waals surface area contributed by atoms with Gasteiger partial charge >= 0.3 is 6.03 Å². The summed E-state index contributed by atoms with van der Waals surface area (Å²) in [5.74, 6) is 0.837. The van der Waals surface area contributed by atoms with Gasteiger partial charge in [-0.25, -0.2) is 4.79 Å². The predicted octanol–water partition coefficient (Wildman–Crippen LogP) is 2.52. The van der Waals surface area contributed by atoms with Crippen molar-refractivity contribution in [2.24, 2.45) is 7.05 Å². The topological polar surface area (TPSA) is 59.4 Å². The number of ether oxygens (including phenoxy) is 1. The largest absolute Gasteiger partial charge is 0.497 e. The number of nitrogens with one attached hydrogen (secondary N) is 1. The summed E-state index contributed by atoms with van der Waals surface area (Å²) in [5, 5.41) is 7.17. The molecule has 3 rings (SSSR count). The van der Waals surface area contributed by atoms with Crippen LogP contribution >= 0.6 is 0 Å². The molecular weight excluding hydrogens is 304 g/mol. The summed E-state index contributed by atoms with van der Waals surface area (Å²) in [5.41, 5.74) is 2.29. The zero-order chi connectivity index (χ0) is 16.9. The van der Waals surface area contributed by atoms with Crippen molar-refractivity contribution >= 4 is 6.03 Å². The van der Waals surface area contributed by atoms with Gasteiger partial charge in [0.25, 0.3) is 0 Å². The third kappa shape index (κ3) is 3.69. The molecule has 0 bridgehead atoms. The van der Waals surface area contributed by atoms with Gasteiger partial charge in [-0.3, -0.25) is 4.68 Å². The molecule has 128 valence electrons. The van der Waals surface area contributed by atoms with Gasteiger partial charge in [0.05, 0.1) is 19.3 Å². The summed E-state index contributed by atoms with van der Waals surface area (Å²) >= 11 is 0. The van der Waals surface area contributed by atoms with E-state index in [0.717, 1.165) is 42.7 Å². The monoisotopic (exact) mass is 328 g/mol. The van der Waals surface area contributed by atoms with Gasteiger partial charge in [-0.05, 0) is 42.5 Å². The number of methoxy groups -OCH3 is 1. The highest BCUT2D eigenvalue weighted by Gasteiger charge is 2.29. The summed E-state index contributed by atoms with van der Waals surface area (Å²) < 4.78 is 6.98. The molecule has 1 aromatic heterocycles. The zero-order valence-electron chi connectivity index (χ0n) is 14.2. The predicted molar refractivity (Wildman–Crippen MR) is 92.0 cm³/mol. The normalized spacial score (nSPS) is 17.1. The molecule has 2 aromatic rings. The third-order valence-electron chi connectivity index (χ3n) is 4.46. The van der Waals surface area contributed by atoms with E-state index in [1.165, 1.54) is 0 Å². The number of rotatable bonds is 5. The fraction of sp³-hybridized carbons (Fsp3) is 0.444. The van der Waals surface area contributed by atoms with Crippen molar-refractivity contribution in [2.75, 3.05) is 20.2 Å². The molecule has 1 saturated heterocycles. The van der Waals surface area contributed by atoms with Crippen LogP contribution in [0, 0.1) is 0 Å². The first-order chi connectivity index (χ1) is 11.7. The van der Waals surface area contributed by atoms with E-state index in [2.05, 4.69) is 10.4 Å². The number of carbonyl (C=O) groups is 1. The molecule has 1 atom stereocenters. The molecule has 1 aliphatic rings. The van der Waals surface area contributed by atoms with E-state index in [9.17, 15) is 4.79 Å². The van der Waals surface area contributed by atoms with E-state index in [1.807, 2.05) is 48.6 Å². The smallest absolute Gasteiger partial charge is 0.317 e. The van der Waals surface area contributed by atoms with Crippen molar-refractivity contribution in [3.8, 4) is 5.75 Å². The van der Waals surface area contributed by atoms with E-state index in [-0.39, 0.29) is 12.1 Å². The first-order valence-electron chi connectivity index (χ1n) is 8.33. The molecule has 2 amide bonds. The van der Waals surface area contributed by atoms with Crippen LogP contribution in [0.5, 0.6) is 5.75 Å². The molecule has 24 heavy (non-hydrogen) atoms. The second-order valence-corrected chi connectivity index (χ2v) is 6.13. The minimum atomic E-state index is 0.0113. The molecule has 1 N–H and O–H groups in total. The van der Waals surface area contributed by atoms with E-state index < -0.39 is 0 Å². The Hall–Kier alpha value is -2.50. The Morgan fingerprint density at radius 2 is 2.17 bits per heavy atom. The van der Waals surface area contributed by atoms with Crippen LogP contribution in [-0.4, -0.2) is 40.9 Å². The highest BCUT2D eigenvalue weighted by molar-refractivity contribution is 5.75. The molecule has 6 nitrogen and oxygen atoms in total. The van der Waals surface area contributed by atoms with Gasteiger partial charge in [-0.2, -0.15) is 5.10 Å². The maximum absolute atomic E-state index is 12.5. The van der Waals surface area contributed by atoms with Gasteiger partial charge in [0.1, 0.15) is 5.75 Å². The molecule has 2 heterocycles. The lowest BCUT2D eigenvalue weighted by atomic mass is 10.0. The van der Waals surface area contributed by atoms with Gasteiger partial charge < -0.3 is 15.0 Å². The Bertz CT molecular complexity index is 681. The number of hydrogen-bond donors (Lipinski definition) is 1. The van der Waals surface area contributed by atoms with E-state index in [4.69, 9.17) is 4.74 Å². The molecule has 6 heteroatoms. The second kappa shape index (κ2) is 7.38.